The van der Waals surface area contributed by atoms with Crippen molar-refractivity contribution in [2.75, 3.05) is 11.4 Å². The van der Waals surface area contributed by atoms with Crippen LogP contribution in [-0.2, 0) is 16.1 Å². The van der Waals surface area contributed by atoms with Crippen LogP contribution in [-0.4, -0.2) is 35.0 Å². The Morgan fingerprint density at radius 1 is 1.21 bits per heavy atom. The van der Waals surface area contributed by atoms with Gasteiger partial charge < -0.3 is 9.64 Å². The topological polar surface area (TPSA) is 90.7 Å². The molecule has 1 atom stereocenters. The molecule has 1 unspecified atom stereocenters. The molecule has 4 rings (SSSR count). The van der Waals surface area contributed by atoms with Crippen LogP contribution < -0.4 is 4.90 Å². The Hall–Kier alpha value is -3.92. The Morgan fingerprint density at radius 2 is 1.91 bits per heavy atom. The molecule has 2 aromatic carbocycles. The normalized spacial score (nSPS) is 17.0. The summed E-state index contributed by atoms with van der Waals surface area (Å²) < 4.78 is 5.43. The standard InChI is InChI=1S/C26H25N3O4/c1-15(12-27)13-28-14-21-18(7-6-8-19(21)24(28)31)17-9-10-22-20(11-17)16(2)23(30)29(22)25(32)33-26(3,4)5/h6-11,16H,1,13-14H2,2-5H3. The van der Waals surface area contributed by atoms with Crippen LogP contribution in [0.4, 0.5) is 10.5 Å². The van der Waals surface area contributed by atoms with Gasteiger partial charge in [0.2, 0.25) is 5.91 Å². The van der Waals surface area contributed by atoms with E-state index in [1.807, 2.05) is 30.3 Å². The second-order valence-electron chi connectivity index (χ2n) is 9.36. The molecule has 2 aliphatic rings. The summed E-state index contributed by atoms with van der Waals surface area (Å²) in [7, 11) is 0. The van der Waals surface area contributed by atoms with Crippen molar-refractivity contribution in [2.24, 2.45) is 0 Å². The molecule has 0 N–H and O–H groups in total. The Bertz CT molecular complexity index is 1250. The van der Waals surface area contributed by atoms with Gasteiger partial charge in [0.1, 0.15) is 5.60 Å². The van der Waals surface area contributed by atoms with Gasteiger partial charge >= 0.3 is 6.09 Å². The molecule has 7 nitrogen and oxygen atoms in total. The van der Waals surface area contributed by atoms with Crippen molar-refractivity contribution in [1.29, 1.82) is 5.26 Å². The first-order valence-electron chi connectivity index (χ1n) is 10.7. The molecule has 2 heterocycles. The summed E-state index contributed by atoms with van der Waals surface area (Å²) in [6.07, 6.45) is -0.689. The molecule has 2 aromatic rings. The highest BCUT2D eigenvalue weighted by Crippen LogP contribution is 2.42. The molecule has 3 amide bonds. The van der Waals surface area contributed by atoms with Gasteiger partial charge in [0, 0.05) is 17.7 Å². The van der Waals surface area contributed by atoms with E-state index in [1.165, 1.54) is 0 Å². The molecule has 0 spiro atoms. The minimum atomic E-state index is -0.719. The van der Waals surface area contributed by atoms with Crippen LogP contribution in [0.25, 0.3) is 11.1 Å². The van der Waals surface area contributed by atoms with Crippen molar-refractivity contribution < 1.29 is 19.1 Å². The summed E-state index contributed by atoms with van der Waals surface area (Å²) >= 11 is 0. The highest BCUT2D eigenvalue weighted by Gasteiger charge is 2.40. The van der Waals surface area contributed by atoms with Crippen LogP contribution in [0.3, 0.4) is 0 Å². The van der Waals surface area contributed by atoms with Gasteiger partial charge in [-0.05, 0) is 68.1 Å². The number of anilines is 1. The van der Waals surface area contributed by atoms with Gasteiger partial charge in [0.05, 0.1) is 24.2 Å². The number of fused-ring (bicyclic) bond motifs is 2. The Balaban J connectivity index is 1.71. The van der Waals surface area contributed by atoms with Crippen molar-refractivity contribution in [2.45, 2.75) is 45.8 Å². The molecule has 0 bridgehead atoms. The summed E-state index contributed by atoms with van der Waals surface area (Å²) in [5.41, 5.74) is 4.05. The second-order valence-corrected chi connectivity index (χ2v) is 9.36. The minimum absolute atomic E-state index is 0.135. The van der Waals surface area contributed by atoms with Gasteiger partial charge in [-0.3, -0.25) is 9.59 Å². The van der Waals surface area contributed by atoms with Crippen molar-refractivity contribution >= 4 is 23.6 Å². The zero-order chi connectivity index (χ0) is 24.1. The highest BCUT2D eigenvalue weighted by molar-refractivity contribution is 6.19. The van der Waals surface area contributed by atoms with Gasteiger partial charge in [-0.2, -0.15) is 5.26 Å². The highest BCUT2D eigenvalue weighted by atomic mass is 16.6. The van der Waals surface area contributed by atoms with Gasteiger partial charge in [-0.1, -0.05) is 24.8 Å². The Kier molecular flexibility index (Phi) is 5.33. The number of imide groups is 1. The van der Waals surface area contributed by atoms with Gasteiger partial charge in [0.25, 0.3) is 5.91 Å². The smallest absolute Gasteiger partial charge is 0.421 e. The lowest BCUT2D eigenvalue weighted by Gasteiger charge is -2.24. The summed E-state index contributed by atoms with van der Waals surface area (Å²) in [6, 6.07) is 13.0. The second kappa shape index (κ2) is 7.89. The number of nitriles is 1. The SMILES string of the molecule is C=C(C#N)CN1Cc2c(cccc2-c2ccc3c(c2)C(C)C(=O)N3C(=O)OC(C)(C)C)C1=O. The average molecular weight is 444 g/mol. The number of nitrogens with zero attached hydrogens (tertiary/aromatic N) is 3. The summed E-state index contributed by atoms with van der Waals surface area (Å²) in [5.74, 6) is -0.962. The van der Waals surface area contributed by atoms with Crippen LogP contribution in [0, 0.1) is 11.3 Å². The number of carbonyl (C=O) groups is 3. The quantitative estimate of drug-likeness (QED) is 0.637. The summed E-state index contributed by atoms with van der Waals surface area (Å²) in [6.45, 7) is 11.3. The number of hydrogen-bond acceptors (Lipinski definition) is 5. The lowest BCUT2D eigenvalue weighted by Crippen LogP contribution is -2.39. The van der Waals surface area contributed by atoms with Gasteiger partial charge in [0.15, 0.2) is 0 Å². The van der Waals surface area contributed by atoms with E-state index >= 15 is 0 Å². The Morgan fingerprint density at radius 3 is 2.58 bits per heavy atom. The maximum absolute atomic E-state index is 12.9. The number of ether oxygens (including phenoxy) is 1. The third-order valence-electron chi connectivity index (χ3n) is 5.80. The molecular weight excluding hydrogens is 418 g/mol. The first kappa shape index (κ1) is 22.3. The van der Waals surface area contributed by atoms with E-state index in [9.17, 15) is 14.4 Å². The minimum Gasteiger partial charge on any atom is -0.443 e. The van der Waals surface area contributed by atoms with Crippen LogP contribution in [0.1, 0.15) is 55.1 Å². The lowest BCUT2D eigenvalue weighted by atomic mass is 9.93. The summed E-state index contributed by atoms with van der Waals surface area (Å²) in [4.78, 5) is 41.1. The van der Waals surface area contributed by atoms with Crippen LogP contribution >= 0.6 is 0 Å². The van der Waals surface area contributed by atoms with E-state index in [2.05, 4.69) is 6.58 Å². The third kappa shape index (κ3) is 3.89. The zero-order valence-electron chi connectivity index (χ0n) is 19.1. The monoisotopic (exact) mass is 443 g/mol. The fraction of sp³-hybridized carbons (Fsp3) is 0.308. The molecule has 168 valence electrons. The van der Waals surface area contributed by atoms with Crippen molar-refractivity contribution in [3.05, 3.63) is 65.2 Å². The Labute approximate surface area is 192 Å². The number of benzene rings is 2. The first-order valence-corrected chi connectivity index (χ1v) is 10.7. The number of amides is 3. The lowest BCUT2D eigenvalue weighted by molar-refractivity contribution is -0.118. The number of hydrogen-bond donors (Lipinski definition) is 0. The van der Waals surface area contributed by atoms with Crippen LogP contribution in [0.2, 0.25) is 0 Å². The van der Waals surface area contributed by atoms with Crippen LogP contribution in [0.5, 0.6) is 0 Å². The molecular formula is C26H25N3O4. The molecule has 0 saturated carbocycles. The largest absolute Gasteiger partial charge is 0.443 e. The molecule has 0 fully saturated rings. The molecule has 0 aromatic heterocycles. The third-order valence-corrected chi connectivity index (χ3v) is 5.80. The maximum Gasteiger partial charge on any atom is 0.421 e. The average Bonchev–Trinajstić information content (AvgIpc) is 3.20. The molecule has 0 aliphatic carbocycles. The van der Waals surface area contributed by atoms with E-state index in [-0.39, 0.29) is 18.4 Å². The zero-order valence-corrected chi connectivity index (χ0v) is 19.1. The van der Waals surface area contributed by atoms with E-state index in [4.69, 9.17) is 10.00 Å². The molecule has 0 radical (unpaired) electrons. The van der Waals surface area contributed by atoms with Crippen molar-refractivity contribution in [3.63, 3.8) is 0 Å². The maximum atomic E-state index is 12.9. The van der Waals surface area contributed by atoms with E-state index < -0.39 is 17.6 Å². The molecule has 0 saturated heterocycles. The van der Waals surface area contributed by atoms with Crippen molar-refractivity contribution in [1.82, 2.24) is 4.90 Å². The molecule has 7 heteroatoms. The van der Waals surface area contributed by atoms with Gasteiger partial charge in [-0.25, -0.2) is 9.69 Å². The van der Waals surface area contributed by atoms with E-state index in [0.717, 1.165) is 27.2 Å². The predicted molar refractivity (Wildman–Crippen MR) is 124 cm³/mol. The summed E-state index contributed by atoms with van der Waals surface area (Å²) in [5, 5.41) is 9.04. The predicted octanol–water partition coefficient (Wildman–Crippen LogP) is 4.77. The fourth-order valence-corrected chi connectivity index (χ4v) is 4.27. The van der Waals surface area contributed by atoms with Gasteiger partial charge in [-0.15, -0.1) is 0 Å². The number of carbonyl (C=O) groups excluding carboxylic acids is 3. The number of rotatable bonds is 3. The molecule has 33 heavy (non-hydrogen) atoms. The van der Waals surface area contributed by atoms with E-state index in [0.29, 0.717) is 23.4 Å². The molecule has 2 aliphatic heterocycles. The first-order chi connectivity index (χ1) is 15.5. The van der Waals surface area contributed by atoms with E-state index in [1.54, 1.807) is 44.7 Å². The van der Waals surface area contributed by atoms with Crippen LogP contribution in [0.15, 0.2) is 48.6 Å². The fourth-order valence-electron chi connectivity index (χ4n) is 4.27. The van der Waals surface area contributed by atoms with Crippen molar-refractivity contribution in [3.8, 4) is 17.2 Å².